The van der Waals surface area contributed by atoms with Gasteiger partial charge in [0.05, 0.1) is 30.6 Å². The third kappa shape index (κ3) is 6.83. The molecule has 1 saturated heterocycles. The van der Waals surface area contributed by atoms with Gasteiger partial charge >= 0.3 is 5.97 Å². The molecule has 0 aliphatic carbocycles. The maximum Gasteiger partial charge on any atom is 0.330 e. The minimum Gasteiger partial charge on any atom is -0.482 e. The summed E-state index contributed by atoms with van der Waals surface area (Å²) in [4.78, 5) is 43.7. The number of hydrogen-bond donors (Lipinski definition) is 2. The first kappa shape index (κ1) is 28.1. The molecule has 1 aromatic heterocycles. The molecule has 0 saturated carbocycles. The maximum atomic E-state index is 13.3. The van der Waals surface area contributed by atoms with Crippen LogP contribution in [0.4, 0.5) is 11.4 Å². The number of fused-ring (bicyclic) bond motifs is 2. The predicted molar refractivity (Wildman–Crippen MR) is 156 cm³/mol. The van der Waals surface area contributed by atoms with Crippen molar-refractivity contribution in [2.45, 2.75) is 26.2 Å². The van der Waals surface area contributed by atoms with Crippen LogP contribution in [0.5, 0.6) is 11.6 Å². The Bertz CT molecular complexity index is 1480. The maximum absolute atomic E-state index is 13.3. The molecule has 2 amide bonds. The number of methoxy groups -OCH3 is 1. The fourth-order valence-corrected chi connectivity index (χ4v) is 5.16. The Hall–Kier alpha value is -4.44. The first-order chi connectivity index (χ1) is 19.9. The largest absolute Gasteiger partial charge is 0.482 e. The minimum atomic E-state index is -0.420. The Morgan fingerprint density at radius 1 is 1.17 bits per heavy atom. The summed E-state index contributed by atoms with van der Waals surface area (Å²) < 4.78 is 15.7. The molecule has 10 nitrogen and oxygen atoms in total. The first-order valence-corrected chi connectivity index (χ1v) is 13.8. The average molecular weight is 559 g/mol. The summed E-state index contributed by atoms with van der Waals surface area (Å²) in [5, 5.41) is 6.73. The van der Waals surface area contributed by atoms with Crippen molar-refractivity contribution in [2.24, 2.45) is 5.92 Å². The Balaban J connectivity index is 1.19. The monoisotopic (exact) mass is 558 g/mol. The van der Waals surface area contributed by atoms with Crippen molar-refractivity contribution in [2.75, 3.05) is 50.6 Å². The van der Waals surface area contributed by atoms with Crippen LogP contribution in [0.1, 0.15) is 30.9 Å². The van der Waals surface area contributed by atoms with E-state index in [1.165, 1.54) is 6.08 Å². The van der Waals surface area contributed by atoms with Crippen LogP contribution in [-0.2, 0) is 25.5 Å². The molecule has 5 rings (SSSR count). The molecule has 0 radical (unpaired) electrons. The lowest BCUT2D eigenvalue weighted by molar-refractivity contribution is -0.137. The van der Waals surface area contributed by atoms with E-state index in [2.05, 4.69) is 20.5 Å². The van der Waals surface area contributed by atoms with Gasteiger partial charge in [0, 0.05) is 30.0 Å². The second kappa shape index (κ2) is 12.8. The molecule has 3 heterocycles. The van der Waals surface area contributed by atoms with Gasteiger partial charge in [-0.25, -0.2) is 9.78 Å². The Labute approximate surface area is 238 Å². The van der Waals surface area contributed by atoms with E-state index in [1.54, 1.807) is 32.2 Å². The van der Waals surface area contributed by atoms with Crippen molar-refractivity contribution in [1.29, 1.82) is 0 Å². The lowest BCUT2D eigenvalue weighted by Gasteiger charge is -2.31. The van der Waals surface area contributed by atoms with Gasteiger partial charge in [0.1, 0.15) is 5.75 Å². The van der Waals surface area contributed by atoms with E-state index in [0.29, 0.717) is 29.4 Å². The van der Waals surface area contributed by atoms with Crippen LogP contribution in [0.25, 0.3) is 17.0 Å². The van der Waals surface area contributed by atoms with Crippen LogP contribution in [0.3, 0.4) is 0 Å². The van der Waals surface area contributed by atoms with Crippen LogP contribution in [-0.4, -0.2) is 67.6 Å². The van der Waals surface area contributed by atoms with E-state index in [-0.39, 0.29) is 24.3 Å². The molecule has 2 aromatic carbocycles. The summed E-state index contributed by atoms with van der Waals surface area (Å²) in [6.45, 7) is 4.64. The molecule has 0 unspecified atom stereocenters. The number of benzene rings is 2. The highest BCUT2D eigenvalue weighted by atomic mass is 16.5. The number of hydrogen-bond acceptors (Lipinski definition) is 8. The number of nitrogens with zero attached hydrogens (tertiary/aromatic N) is 2. The predicted octanol–water partition coefficient (Wildman–Crippen LogP) is 4.04. The molecule has 0 spiro atoms. The number of piperidine rings is 1. The zero-order chi connectivity index (χ0) is 28.8. The van der Waals surface area contributed by atoms with Gasteiger partial charge in [-0.15, -0.1) is 0 Å². The first-order valence-electron chi connectivity index (χ1n) is 13.8. The van der Waals surface area contributed by atoms with E-state index in [4.69, 9.17) is 14.2 Å². The number of aromatic nitrogens is 1. The number of likely N-dealkylation sites (tertiary alicyclic amines) is 1. The number of esters is 1. The van der Waals surface area contributed by atoms with Crippen LogP contribution in [0, 0.1) is 5.92 Å². The molecule has 2 aliphatic rings. The zero-order valence-electron chi connectivity index (χ0n) is 23.3. The Kier molecular flexibility index (Phi) is 8.79. The van der Waals surface area contributed by atoms with Gasteiger partial charge in [-0.1, -0.05) is 12.1 Å². The van der Waals surface area contributed by atoms with Crippen molar-refractivity contribution in [3.8, 4) is 11.6 Å². The van der Waals surface area contributed by atoms with E-state index in [1.807, 2.05) is 30.3 Å². The van der Waals surface area contributed by atoms with Crippen LogP contribution in [0.15, 0.2) is 48.5 Å². The lowest BCUT2D eigenvalue weighted by Crippen LogP contribution is -2.39. The lowest BCUT2D eigenvalue weighted by atomic mass is 9.95. The Morgan fingerprint density at radius 2 is 2.00 bits per heavy atom. The average Bonchev–Trinajstić information content (AvgIpc) is 2.99. The van der Waals surface area contributed by atoms with Gasteiger partial charge < -0.3 is 29.7 Å². The highest BCUT2D eigenvalue weighted by Gasteiger charge is 2.26. The van der Waals surface area contributed by atoms with E-state index >= 15 is 0 Å². The van der Waals surface area contributed by atoms with Crippen molar-refractivity contribution >= 4 is 46.1 Å². The highest BCUT2D eigenvalue weighted by molar-refractivity contribution is 6.04. The fourth-order valence-electron chi connectivity index (χ4n) is 5.16. The van der Waals surface area contributed by atoms with E-state index < -0.39 is 5.97 Å². The minimum absolute atomic E-state index is 0.0317. The van der Waals surface area contributed by atoms with Gasteiger partial charge in [0.2, 0.25) is 11.8 Å². The molecule has 10 heteroatoms. The number of ether oxygens (including phenoxy) is 3. The molecule has 2 N–H and O–H groups in total. The zero-order valence-corrected chi connectivity index (χ0v) is 23.3. The molecule has 41 heavy (non-hydrogen) atoms. The van der Waals surface area contributed by atoms with Crippen molar-refractivity contribution in [1.82, 2.24) is 9.88 Å². The second-order valence-electron chi connectivity index (χ2n) is 10.1. The number of amides is 2. The molecular formula is C31H34N4O6. The van der Waals surface area contributed by atoms with Gasteiger partial charge in [-0.2, -0.15) is 0 Å². The van der Waals surface area contributed by atoms with E-state index in [0.717, 1.165) is 61.1 Å². The smallest absolute Gasteiger partial charge is 0.330 e. The summed E-state index contributed by atoms with van der Waals surface area (Å²) in [7, 11) is 1.54. The molecule has 0 atom stereocenters. The quantitative estimate of drug-likeness (QED) is 0.298. The van der Waals surface area contributed by atoms with Gasteiger partial charge in [0.25, 0.3) is 5.91 Å². The van der Waals surface area contributed by atoms with E-state index in [9.17, 15) is 14.4 Å². The SMILES string of the molecule is CCOC(=O)/C=C/c1ccc(NC(=O)C2CCN(CCc3ccc4c(c3)NC(=O)CO4)CC2)c2nc(OC)ccc12. The second-order valence-corrected chi connectivity index (χ2v) is 10.1. The number of anilines is 2. The summed E-state index contributed by atoms with van der Waals surface area (Å²) in [5.41, 5.74) is 3.82. The van der Waals surface area contributed by atoms with Gasteiger partial charge in [-0.05, 0) is 80.7 Å². The van der Waals surface area contributed by atoms with Crippen LogP contribution < -0.4 is 20.1 Å². The number of carbonyl (C=O) groups is 3. The molecule has 1 fully saturated rings. The number of carbonyl (C=O) groups excluding carboxylic acids is 3. The van der Waals surface area contributed by atoms with Crippen LogP contribution >= 0.6 is 0 Å². The molecule has 0 bridgehead atoms. The normalized spacial score (nSPS) is 15.7. The Morgan fingerprint density at radius 3 is 2.78 bits per heavy atom. The number of pyridine rings is 1. The van der Waals surface area contributed by atoms with Crippen molar-refractivity contribution in [3.05, 3.63) is 59.7 Å². The molecule has 2 aliphatic heterocycles. The van der Waals surface area contributed by atoms with Crippen molar-refractivity contribution < 1.29 is 28.6 Å². The fraction of sp³-hybridized carbons (Fsp3) is 0.355. The summed E-state index contributed by atoms with van der Waals surface area (Å²) in [6, 6.07) is 13.2. The third-order valence-corrected chi connectivity index (χ3v) is 7.37. The van der Waals surface area contributed by atoms with Gasteiger partial charge in [-0.3, -0.25) is 9.59 Å². The molecular weight excluding hydrogens is 524 g/mol. The summed E-state index contributed by atoms with van der Waals surface area (Å²) >= 11 is 0. The summed E-state index contributed by atoms with van der Waals surface area (Å²) in [6.07, 6.45) is 5.43. The van der Waals surface area contributed by atoms with Crippen molar-refractivity contribution in [3.63, 3.8) is 0 Å². The number of nitrogens with one attached hydrogen (secondary N) is 2. The van der Waals surface area contributed by atoms with Gasteiger partial charge in [0.15, 0.2) is 6.61 Å². The summed E-state index contributed by atoms with van der Waals surface area (Å²) in [5.74, 6) is 0.435. The topological polar surface area (TPSA) is 119 Å². The number of rotatable bonds is 9. The standard InChI is InChI=1S/C31H34N4O6/c1-3-40-29(37)11-6-21-5-8-24(30-23(21)7-10-28(34-30)39-2)33-31(38)22-13-16-35(17-14-22)15-12-20-4-9-26-25(18-20)32-27(36)19-41-26/h4-11,18,22H,3,12-17,19H2,1-2H3,(H,32,36)(H,33,38)/b11-6+. The highest BCUT2D eigenvalue weighted by Crippen LogP contribution is 2.31. The third-order valence-electron chi connectivity index (χ3n) is 7.37. The van der Waals surface area contributed by atoms with Crippen LogP contribution in [0.2, 0.25) is 0 Å². The molecule has 3 aromatic rings. The molecule has 214 valence electrons.